The normalized spacial score (nSPS) is 20.7. The predicted octanol–water partition coefficient (Wildman–Crippen LogP) is 2.64. The zero-order chi connectivity index (χ0) is 21.0. The Kier molecular flexibility index (Phi) is 4.62. The second-order valence-corrected chi connectivity index (χ2v) is 11.3. The number of hydrogen-bond acceptors (Lipinski definition) is 8. The van der Waals surface area contributed by atoms with E-state index in [4.69, 9.17) is 4.98 Å². The highest BCUT2D eigenvalue weighted by Gasteiger charge is 2.34. The fourth-order valence-electron chi connectivity index (χ4n) is 3.93. The molecule has 3 aromatic heterocycles. The van der Waals surface area contributed by atoms with E-state index in [1.165, 1.54) is 11.3 Å². The van der Waals surface area contributed by atoms with Crippen LogP contribution in [0.2, 0.25) is 0 Å². The number of pyridine rings is 1. The quantitative estimate of drug-likeness (QED) is 0.640. The van der Waals surface area contributed by atoms with Crippen molar-refractivity contribution in [3.63, 3.8) is 0 Å². The fourth-order valence-corrected chi connectivity index (χ4v) is 6.30. The van der Waals surface area contributed by atoms with E-state index in [0.29, 0.717) is 39.8 Å². The van der Waals surface area contributed by atoms with E-state index in [1.807, 2.05) is 19.9 Å². The molecule has 1 atom stereocenters. The zero-order valence-electron chi connectivity index (χ0n) is 16.8. The molecule has 1 unspecified atom stereocenters. The van der Waals surface area contributed by atoms with Crippen LogP contribution in [0.25, 0.3) is 11.0 Å². The Labute approximate surface area is 177 Å². The van der Waals surface area contributed by atoms with Gasteiger partial charge in [-0.25, -0.2) is 18.1 Å². The largest absolute Gasteiger partial charge is 0.296 e. The average molecular weight is 447 g/mol. The molecule has 9 nitrogen and oxygen atoms in total. The van der Waals surface area contributed by atoms with Crippen molar-refractivity contribution >= 4 is 43.2 Å². The first kappa shape index (κ1) is 19.6. The Balaban J connectivity index is 1.59. The molecule has 0 spiro atoms. The number of nitrogens with one attached hydrogen (secondary N) is 1. The van der Waals surface area contributed by atoms with Crippen LogP contribution in [-0.2, 0) is 16.3 Å². The van der Waals surface area contributed by atoms with E-state index in [1.54, 1.807) is 4.68 Å². The summed E-state index contributed by atoms with van der Waals surface area (Å²) in [6.07, 6.45) is 3.36. The SMILES string of the molecule is CCc1nnc(NC(=O)c2cc(C3CC3)nc3c2c(C)nn3C2CCS(=O)(=O)C2)s1. The molecule has 0 bridgehead atoms. The number of sulfone groups is 1. The number of amides is 1. The van der Waals surface area contributed by atoms with Gasteiger partial charge < -0.3 is 0 Å². The maximum absolute atomic E-state index is 13.2. The summed E-state index contributed by atoms with van der Waals surface area (Å²) in [7, 11) is -3.07. The molecule has 4 heterocycles. The number of rotatable bonds is 5. The summed E-state index contributed by atoms with van der Waals surface area (Å²) in [5.74, 6) is 0.282. The summed E-state index contributed by atoms with van der Waals surface area (Å²) in [5.41, 5.74) is 2.62. The number of aryl methyl sites for hydroxylation is 2. The Morgan fingerprint density at radius 3 is 2.73 bits per heavy atom. The molecule has 30 heavy (non-hydrogen) atoms. The van der Waals surface area contributed by atoms with Gasteiger partial charge in [0.15, 0.2) is 15.5 Å². The summed E-state index contributed by atoms with van der Waals surface area (Å²) in [5, 5.41) is 17.5. The molecule has 0 radical (unpaired) electrons. The molecular weight excluding hydrogens is 424 g/mol. The van der Waals surface area contributed by atoms with Gasteiger partial charge in [-0.3, -0.25) is 10.1 Å². The highest BCUT2D eigenvalue weighted by molar-refractivity contribution is 7.91. The third kappa shape index (κ3) is 3.49. The Hall–Kier alpha value is -2.40. The molecule has 1 aliphatic carbocycles. The summed E-state index contributed by atoms with van der Waals surface area (Å²) < 4.78 is 25.7. The summed E-state index contributed by atoms with van der Waals surface area (Å²) in [6.45, 7) is 3.82. The van der Waals surface area contributed by atoms with Crippen LogP contribution >= 0.6 is 11.3 Å². The molecule has 2 fully saturated rings. The van der Waals surface area contributed by atoms with E-state index in [0.717, 1.165) is 30.0 Å². The number of fused-ring (bicyclic) bond motifs is 1. The van der Waals surface area contributed by atoms with Crippen molar-refractivity contribution < 1.29 is 13.2 Å². The van der Waals surface area contributed by atoms with Gasteiger partial charge in [-0.2, -0.15) is 5.10 Å². The van der Waals surface area contributed by atoms with Crippen molar-refractivity contribution in [2.45, 2.75) is 51.5 Å². The van der Waals surface area contributed by atoms with E-state index in [2.05, 4.69) is 20.6 Å². The minimum Gasteiger partial charge on any atom is -0.296 e. The van der Waals surface area contributed by atoms with E-state index < -0.39 is 9.84 Å². The zero-order valence-corrected chi connectivity index (χ0v) is 18.4. The second-order valence-electron chi connectivity index (χ2n) is 7.96. The summed E-state index contributed by atoms with van der Waals surface area (Å²) in [4.78, 5) is 18.0. The van der Waals surface area contributed by atoms with Gasteiger partial charge in [0.2, 0.25) is 5.13 Å². The van der Waals surface area contributed by atoms with Crippen LogP contribution in [0.1, 0.15) is 64.9 Å². The summed E-state index contributed by atoms with van der Waals surface area (Å²) in [6, 6.07) is 1.60. The van der Waals surface area contributed by atoms with Crippen LogP contribution in [0, 0.1) is 6.92 Å². The lowest BCUT2D eigenvalue weighted by Gasteiger charge is -2.11. The first-order chi connectivity index (χ1) is 14.3. The fraction of sp³-hybridized carbons (Fsp3) is 0.526. The number of carbonyl (C=O) groups excluding carboxylic acids is 1. The van der Waals surface area contributed by atoms with Crippen molar-refractivity contribution in [3.05, 3.63) is 28.0 Å². The lowest BCUT2D eigenvalue weighted by molar-refractivity contribution is 0.102. The van der Waals surface area contributed by atoms with Gasteiger partial charge in [-0.1, -0.05) is 18.3 Å². The third-order valence-electron chi connectivity index (χ3n) is 5.64. The number of carbonyl (C=O) groups is 1. The Morgan fingerprint density at radius 2 is 2.10 bits per heavy atom. The van der Waals surface area contributed by atoms with Crippen LogP contribution in [0.4, 0.5) is 5.13 Å². The number of nitrogens with zero attached hydrogens (tertiary/aromatic N) is 5. The standard InChI is InChI=1S/C19H22N6O3S2/c1-3-15-22-23-19(29-15)21-18(26)13-8-14(11-4-5-11)20-17-16(13)10(2)24-25(17)12-6-7-30(27,28)9-12/h8,11-12H,3-7,9H2,1-2H3,(H,21,23,26). The molecule has 1 saturated carbocycles. The van der Waals surface area contributed by atoms with Crippen molar-refractivity contribution in [1.29, 1.82) is 0 Å². The van der Waals surface area contributed by atoms with Crippen LogP contribution in [0.15, 0.2) is 6.07 Å². The van der Waals surface area contributed by atoms with Gasteiger partial charge in [0.05, 0.1) is 34.2 Å². The van der Waals surface area contributed by atoms with Gasteiger partial charge in [0, 0.05) is 11.6 Å². The molecular formula is C19H22N6O3S2. The Bertz CT molecular complexity index is 1260. The topological polar surface area (TPSA) is 120 Å². The van der Waals surface area contributed by atoms with Gasteiger partial charge in [-0.15, -0.1) is 10.2 Å². The number of aromatic nitrogens is 5. The molecule has 3 aromatic rings. The van der Waals surface area contributed by atoms with E-state index in [-0.39, 0.29) is 23.5 Å². The van der Waals surface area contributed by atoms with Crippen molar-refractivity contribution in [2.75, 3.05) is 16.8 Å². The van der Waals surface area contributed by atoms with E-state index >= 15 is 0 Å². The maximum Gasteiger partial charge on any atom is 0.258 e. The second kappa shape index (κ2) is 7.09. The molecule has 1 aliphatic heterocycles. The molecule has 1 amide bonds. The van der Waals surface area contributed by atoms with Gasteiger partial charge in [-0.05, 0) is 38.7 Å². The first-order valence-electron chi connectivity index (χ1n) is 10.1. The first-order valence-corrected chi connectivity index (χ1v) is 12.7. The van der Waals surface area contributed by atoms with Gasteiger partial charge in [0.1, 0.15) is 5.01 Å². The molecule has 1 saturated heterocycles. The summed E-state index contributed by atoms with van der Waals surface area (Å²) >= 11 is 1.36. The van der Waals surface area contributed by atoms with Crippen LogP contribution in [-0.4, -0.2) is 50.8 Å². The molecule has 158 valence electrons. The Morgan fingerprint density at radius 1 is 1.30 bits per heavy atom. The van der Waals surface area contributed by atoms with Gasteiger partial charge >= 0.3 is 0 Å². The van der Waals surface area contributed by atoms with Crippen molar-refractivity contribution in [1.82, 2.24) is 25.0 Å². The highest BCUT2D eigenvalue weighted by Crippen LogP contribution is 2.41. The predicted molar refractivity (Wildman–Crippen MR) is 114 cm³/mol. The minimum atomic E-state index is -3.07. The molecule has 11 heteroatoms. The maximum atomic E-state index is 13.2. The number of hydrogen-bond donors (Lipinski definition) is 1. The monoisotopic (exact) mass is 446 g/mol. The van der Waals surface area contributed by atoms with Crippen LogP contribution in [0.5, 0.6) is 0 Å². The smallest absolute Gasteiger partial charge is 0.258 e. The molecule has 2 aliphatic rings. The van der Waals surface area contributed by atoms with Crippen LogP contribution in [0.3, 0.4) is 0 Å². The van der Waals surface area contributed by atoms with Crippen molar-refractivity contribution in [3.8, 4) is 0 Å². The highest BCUT2D eigenvalue weighted by atomic mass is 32.2. The number of anilines is 1. The molecule has 1 N–H and O–H groups in total. The van der Waals surface area contributed by atoms with Crippen molar-refractivity contribution in [2.24, 2.45) is 0 Å². The van der Waals surface area contributed by atoms with Crippen LogP contribution < -0.4 is 5.32 Å². The molecule has 5 rings (SSSR count). The third-order valence-corrected chi connectivity index (χ3v) is 8.37. The minimum absolute atomic E-state index is 0.0602. The van der Waals surface area contributed by atoms with Gasteiger partial charge in [0.25, 0.3) is 5.91 Å². The lowest BCUT2D eigenvalue weighted by Crippen LogP contribution is -2.15. The molecule has 0 aromatic carbocycles. The van der Waals surface area contributed by atoms with E-state index in [9.17, 15) is 13.2 Å². The lowest BCUT2D eigenvalue weighted by atomic mass is 10.1. The average Bonchev–Trinajstić information content (AvgIpc) is 3.24.